The first-order valence-corrected chi connectivity index (χ1v) is 15.2. The second-order valence-electron chi connectivity index (χ2n) is 8.40. The summed E-state index contributed by atoms with van der Waals surface area (Å²) in [6.45, 7) is 4.91. The van der Waals surface area contributed by atoms with E-state index in [4.69, 9.17) is 9.47 Å². The van der Waals surface area contributed by atoms with Crippen molar-refractivity contribution >= 4 is 77.8 Å². The first-order chi connectivity index (χ1) is 17.9. The smallest absolute Gasteiger partial charge is 0.128 e. The molecular weight excluding hydrogens is 632 g/mol. The lowest BCUT2D eigenvalue weighted by molar-refractivity contribution is 0.232. The molecule has 0 fully saturated rings. The van der Waals surface area contributed by atoms with E-state index in [9.17, 15) is 10.5 Å². The quantitative estimate of drug-likeness (QED) is 0.182. The SMILES string of the molecule is CCCCC(CC)COc1cc(/C(C#N)=C/c2ccc(Br)s2)c(OC)cc1/C(C#N)=C/c1ccc(Br)s1. The van der Waals surface area contributed by atoms with Crippen LogP contribution in [0.15, 0.2) is 44.0 Å². The third-order valence-corrected chi connectivity index (χ3v) is 9.04. The molecule has 3 rings (SSSR count). The summed E-state index contributed by atoms with van der Waals surface area (Å²) in [6, 6.07) is 16.1. The molecule has 192 valence electrons. The number of unbranched alkanes of at least 4 members (excludes halogenated alkanes) is 1. The number of rotatable bonds is 12. The molecule has 4 nitrogen and oxygen atoms in total. The summed E-state index contributed by atoms with van der Waals surface area (Å²) in [5.41, 5.74) is 2.21. The van der Waals surface area contributed by atoms with Crippen LogP contribution in [0.5, 0.6) is 11.5 Å². The van der Waals surface area contributed by atoms with E-state index in [-0.39, 0.29) is 0 Å². The number of halogens is 2. The Morgan fingerprint density at radius 2 is 1.46 bits per heavy atom. The number of allylic oxidation sites excluding steroid dienone is 2. The molecule has 0 N–H and O–H groups in total. The Balaban J connectivity index is 2.13. The summed E-state index contributed by atoms with van der Waals surface area (Å²) < 4.78 is 14.1. The molecule has 1 aromatic carbocycles. The minimum Gasteiger partial charge on any atom is -0.496 e. The number of hydrogen-bond acceptors (Lipinski definition) is 6. The summed E-state index contributed by atoms with van der Waals surface area (Å²) in [5.74, 6) is 1.50. The summed E-state index contributed by atoms with van der Waals surface area (Å²) in [6.07, 6.45) is 8.09. The normalized spacial score (nSPS) is 12.6. The molecule has 0 aliphatic heterocycles. The van der Waals surface area contributed by atoms with Crippen molar-refractivity contribution in [2.24, 2.45) is 5.92 Å². The average Bonchev–Trinajstić information content (AvgIpc) is 3.52. The zero-order chi connectivity index (χ0) is 26.8. The van der Waals surface area contributed by atoms with Gasteiger partial charge in [0.15, 0.2) is 0 Å². The Hall–Kier alpha value is -2.36. The third kappa shape index (κ3) is 8.06. The van der Waals surface area contributed by atoms with Crippen molar-refractivity contribution in [2.75, 3.05) is 13.7 Å². The Labute approximate surface area is 244 Å². The molecule has 3 aromatic rings. The zero-order valence-corrected chi connectivity index (χ0v) is 25.8. The van der Waals surface area contributed by atoms with E-state index in [0.29, 0.717) is 46.3 Å². The van der Waals surface area contributed by atoms with E-state index in [2.05, 4.69) is 57.8 Å². The van der Waals surface area contributed by atoms with Gasteiger partial charge in [0.2, 0.25) is 0 Å². The highest BCUT2D eigenvalue weighted by Crippen LogP contribution is 2.39. The fourth-order valence-electron chi connectivity index (χ4n) is 3.81. The van der Waals surface area contributed by atoms with Crippen LogP contribution in [0.4, 0.5) is 0 Å². The van der Waals surface area contributed by atoms with E-state index in [1.165, 1.54) is 0 Å². The number of nitriles is 2. The van der Waals surface area contributed by atoms with Gasteiger partial charge in [-0.2, -0.15) is 10.5 Å². The molecule has 2 heterocycles. The van der Waals surface area contributed by atoms with Gasteiger partial charge >= 0.3 is 0 Å². The summed E-state index contributed by atoms with van der Waals surface area (Å²) >= 11 is 10.1. The first-order valence-electron chi connectivity index (χ1n) is 12.0. The number of ether oxygens (including phenoxy) is 2. The third-order valence-electron chi connectivity index (χ3n) is 5.90. The number of nitrogens with zero attached hydrogens (tertiary/aromatic N) is 2. The number of thiophene rings is 2. The average molecular weight is 660 g/mol. The minimum atomic E-state index is 0.413. The van der Waals surface area contributed by atoms with Crippen LogP contribution in [0.25, 0.3) is 23.3 Å². The maximum absolute atomic E-state index is 10.1. The van der Waals surface area contributed by atoms with E-state index in [1.807, 2.05) is 48.6 Å². The van der Waals surface area contributed by atoms with Gasteiger partial charge in [-0.25, -0.2) is 0 Å². The zero-order valence-electron chi connectivity index (χ0n) is 21.0. The largest absolute Gasteiger partial charge is 0.496 e. The molecule has 0 spiro atoms. The van der Waals surface area contributed by atoms with Gasteiger partial charge in [-0.3, -0.25) is 0 Å². The van der Waals surface area contributed by atoms with Crippen LogP contribution in [0.3, 0.4) is 0 Å². The van der Waals surface area contributed by atoms with Crippen molar-refractivity contribution < 1.29 is 9.47 Å². The van der Waals surface area contributed by atoms with Crippen LogP contribution < -0.4 is 9.47 Å². The van der Waals surface area contributed by atoms with Crippen LogP contribution in [0.1, 0.15) is 60.4 Å². The molecule has 0 radical (unpaired) electrons. The van der Waals surface area contributed by atoms with E-state index >= 15 is 0 Å². The molecule has 0 saturated heterocycles. The fraction of sp³-hybridized carbons (Fsp3) is 0.310. The second kappa shape index (κ2) is 14.5. The van der Waals surface area contributed by atoms with Crippen molar-refractivity contribution in [1.82, 2.24) is 0 Å². The van der Waals surface area contributed by atoms with Crippen LogP contribution in [-0.4, -0.2) is 13.7 Å². The van der Waals surface area contributed by atoms with Crippen LogP contribution in [0.2, 0.25) is 0 Å². The van der Waals surface area contributed by atoms with Crippen molar-refractivity contribution in [3.63, 3.8) is 0 Å². The lowest BCUT2D eigenvalue weighted by Crippen LogP contribution is -2.12. The van der Waals surface area contributed by atoms with E-state index in [1.54, 1.807) is 29.8 Å². The predicted octanol–water partition coefficient (Wildman–Crippen LogP) is 10.1. The van der Waals surface area contributed by atoms with E-state index in [0.717, 1.165) is 43.0 Å². The molecule has 0 aliphatic carbocycles. The molecule has 0 aliphatic rings. The molecule has 0 bridgehead atoms. The Morgan fingerprint density at radius 3 is 1.89 bits per heavy atom. The van der Waals surface area contributed by atoms with Gasteiger partial charge in [0.25, 0.3) is 0 Å². The molecule has 37 heavy (non-hydrogen) atoms. The molecule has 0 amide bonds. The highest BCUT2D eigenvalue weighted by Gasteiger charge is 2.19. The van der Waals surface area contributed by atoms with Gasteiger partial charge in [0.1, 0.15) is 11.5 Å². The van der Waals surface area contributed by atoms with Crippen molar-refractivity contribution in [3.05, 3.63) is 64.9 Å². The molecule has 8 heteroatoms. The van der Waals surface area contributed by atoms with Gasteiger partial charge in [0, 0.05) is 20.9 Å². The monoisotopic (exact) mass is 658 g/mol. The Kier molecular flexibility index (Phi) is 11.5. The van der Waals surface area contributed by atoms with Gasteiger partial charge in [-0.1, -0.05) is 33.1 Å². The predicted molar refractivity (Wildman–Crippen MR) is 163 cm³/mol. The number of hydrogen-bond donors (Lipinski definition) is 0. The maximum Gasteiger partial charge on any atom is 0.128 e. The number of methoxy groups -OCH3 is 1. The van der Waals surface area contributed by atoms with Crippen molar-refractivity contribution in [2.45, 2.75) is 39.5 Å². The molecule has 1 atom stereocenters. The Morgan fingerprint density at radius 1 is 0.919 bits per heavy atom. The topological polar surface area (TPSA) is 66.0 Å². The Bertz CT molecular complexity index is 1360. The highest BCUT2D eigenvalue weighted by atomic mass is 79.9. The van der Waals surface area contributed by atoms with Gasteiger partial charge in [-0.15, -0.1) is 22.7 Å². The molecule has 2 aromatic heterocycles. The van der Waals surface area contributed by atoms with Gasteiger partial charge < -0.3 is 9.47 Å². The van der Waals surface area contributed by atoms with Gasteiger partial charge in [-0.05, 0) is 92.7 Å². The molecule has 0 saturated carbocycles. The standard InChI is InChI=1S/C29H28Br2N2O2S2/c1-4-6-7-19(5-2)18-35-27-15-24(20(16-32)12-22-8-10-28(30)36-22)26(34-3)14-25(27)21(17-33)13-23-9-11-29(31)37-23/h8-15,19H,4-7,18H2,1-3H3/b20-12+,21-13+. The molecular formula is C29H28Br2N2O2S2. The van der Waals surface area contributed by atoms with E-state index < -0.39 is 0 Å². The summed E-state index contributed by atoms with van der Waals surface area (Å²) in [4.78, 5) is 1.90. The number of benzene rings is 1. The van der Waals surface area contributed by atoms with Crippen LogP contribution in [-0.2, 0) is 0 Å². The maximum atomic E-state index is 10.1. The lowest BCUT2D eigenvalue weighted by Gasteiger charge is -2.19. The van der Waals surface area contributed by atoms with Crippen molar-refractivity contribution in [3.8, 4) is 23.6 Å². The van der Waals surface area contributed by atoms with Crippen molar-refractivity contribution in [1.29, 1.82) is 10.5 Å². The summed E-state index contributed by atoms with van der Waals surface area (Å²) in [7, 11) is 1.57. The second-order valence-corrected chi connectivity index (χ2v) is 13.4. The first kappa shape index (κ1) is 29.2. The lowest BCUT2D eigenvalue weighted by atomic mass is 9.97. The summed E-state index contributed by atoms with van der Waals surface area (Å²) in [5, 5.41) is 20.2. The van der Waals surface area contributed by atoms with Gasteiger partial charge in [0.05, 0.1) is 44.6 Å². The van der Waals surface area contributed by atoms with Crippen LogP contribution in [0, 0.1) is 28.6 Å². The molecule has 1 unspecified atom stereocenters. The fourth-order valence-corrected chi connectivity index (χ4v) is 6.55. The minimum absolute atomic E-state index is 0.413. The van der Waals surface area contributed by atoms with Crippen LogP contribution >= 0.6 is 54.5 Å². The highest BCUT2D eigenvalue weighted by molar-refractivity contribution is 9.11.